The Kier molecular flexibility index (Phi) is 10.1. The topological polar surface area (TPSA) is 77.8 Å². The van der Waals surface area contributed by atoms with Gasteiger partial charge in [0, 0.05) is 0 Å². The monoisotopic (exact) mass is 370 g/mol. The summed E-state index contributed by atoms with van der Waals surface area (Å²) in [5.41, 5.74) is -2.18. The second-order valence-corrected chi connectivity index (χ2v) is 7.61. The number of carbonyl (C=O) groups is 1. The van der Waals surface area contributed by atoms with Crippen molar-refractivity contribution in [1.29, 1.82) is 0 Å². The molecule has 0 aromatic rings. The summed E-state index contributed by atoms with van der Waals surface area (Å²) in [4.78, 5) is 10.9. The number of rotatable bonds is 12. The smallest absolute Gasteiger partial charge is 0.338 e. The number of carboxylic acids is 1. The summed E-state index contributed by atoms with van der Waals surface area (Å²) in [6, 6.07) is 0. The van der Waals surface area contributed by atoms with E-state index in [9.17, 15) is 19.4 Å². The van der Waals surface area contributed by atoms with Crippen LogP contribution in [0.5, 0.6) is 0 Å². The molecule has 1 saturated carbocycles. The summed E-state index contributed by atoms with van der Waals surface area (Å²) in [5, 5.41) is 28.3. The lowest BCUT2D eigenvalue weighted by Gasteiger charge is -2.23. The molecule has 0 aliphatic heterocycles. The molecule has 0 spiro atoms. The van der Waals surface area contributed by atoms with Crippen molar-refractivity contribution < 1.29 is 24.5 Å². The summed E-state index contributed by atoms with van der Waals surface area (Å²) in [5.74, 6) is -1.27. The quantitative estimate of drug-likeness (QED) is 0.351. The van der Waals surface area contributed by atoms with Crippen LogP contribution >= 0.6 is 0 Å². The van der Waals surface area contributed by atoms with Crippen LogP contribution in [0.15, 0.2) is 24.3 Å². The van der Waals surface area contributed by atoms with Gasteiger partial charge in [0.2, 0.25) is 0 Å². The molecule has 1 fully saturated rings. The van der Waals surface area contributed by atoms with Crippen molar-refractivity contribution in [2.24, 2.45) is 11.8 Å². The number of alkyl halides is 1. The molecule has 1 aliphatic rings. The van der Waals surface area contributed by atoms with Gasteiger partial charge in [-0.05, 0) is 57.3 Å². The highest BCUT2D eigenvalue weighted by Crippen LogP contribution is 2.38. The Morgan fingerprint density at radius 1 is 1.23 bits per heavy atom. The molecule has 1 rings (SSSR count). The molecule has 0 amide bonds. The van der Waals surface area contributed by atoms with Gasteiger partial charge in [0.1, 0.15) is 6.17 Å². The molecule has 2 unspecified atom stereocenters. The first-order valence-corrected chi connectivity index (χ1v) is 9.90. The van der Waals surface area contributed by atoms with Gasteiger partial charge >= 0.3 is 5.97 Å². The van der Waals surface area contributed by atoms with E-state index in [-0.39, 0.29) is 18.3 Å². The average molecular weight is 371 g/mol. The summed E-state index contributed by atoms with van der Waals surface area (Å²) in [6.45, 7) is 3.26. The molecular formula is C21H35FO4. The number of aliphatic hydroxyl groups is 2. The third-order valence-electron chi connectivity index (χ3n) is 5.41. The summed E-state index contributed by atoms with van der Waals surface area (Å²) < 4.78 is 14.2. The second kappa shape index (κ2) is 11.5. The van der Waals surface area contributed by atoms with E-state index in [1.54, 1.807) is 12.2 Å². The van der Waals surface area contributed by atoms with E-state index < -0.39 is 23.8 Å². The second-order valence-electron chi connectivity index (χ2n) is 7.61. The zero-order chi connectivity index (χ0) is 19.6. The minimum atomic E-state index is -2.18. The number of allylic oxidation sites excluding steroid dienone is 3. The van der Waals surface area contributed by atoms with E-state index in [0.29, 0.717) is 12.8 Å². The van der Waals surface area contributed by atoms with Gasteiger partial charge in [-0.25, -0.2) is 9.18 Å². The first kappa shape index (κ1) is 22.8. The first-order chi connectivity index (χ1) is 12.3. The highest BCUT2D eigenvalue weighted by atomic mass is 19.1. The zero-order valence-corrected chi connectivity index (χ0v) is 16.1. The molecule has 0 radical (unpaired) electrons. The van der Waals surface area contributed by atoms with Crippen LogP contribution in [0.2, 0.25) is 0 Å². The van der Waals surface area contributed by atoms with Crippen LogP contribution in [-0.2, 0) is 4.79 Å². The number of hydrogen-bond acceptors (Lipinski definition) is 3. The third kappa shape index (κ3) is 7.20. The maximum atomic E-state index is 14.2. The lowest BCUT2D eigenvalue weighted by molar-refractivity contribution is -0.168. The standard InChI is InChI=1S/C21H35FO4/c1-3-4-5-6-7-8-11-16-14-15-18(22)17(16)12-9-10-13-19(23)21(2,26)20(24)25/h8-11,16-19,23,26H,3-7,12-15H2,1-2H3,(H,24,25)/b10-9-,11-8+/t16-,17+,18+,19?,21?/m0/s1. The van der Waals surface area contributed by atoms with E-state index in [4.69, 9.17) is 5.11 Å². The van der Waals surface area contributed by atoms with Gasteiger partial charge in [-0.15, -0.1) is 0 Å². The summed E-state index contributed by atoms with van der Waals surface area (Å²) >= 11 is 0. The molecule has 4 nitrogen and oxygen atoms in total. The van der Waals surface area contributed by atoms with Crippen LogP contribution in [0.4, 0.5) is 4.39 Å². The molecule has 0 saturated heterocycles. The van der Waals surface area contributed by atoms with Crippen LogP contribution in [0.25, 0.3) is 0 Å². The van der Waals surface area contributed by atoms with Crippen LogP contribution in [-0.4, -0.2) is 39.2 Å². The van der Waals surface area contributed by atoms with Crippen molar-refractivity contribution in [3.8, 4) is 0 Å². The molecule has 0 heterocycles. The molecule has 26 heavy (non-hydrogen) atoms. The van der Waals surface area contributed by atoms with E-state index in [2.05, 4.69) is 19.1 Å². The molecule has 0 aromatic heterocycles. The largest absolute Gasteiger partial charge is 0.479 e. The molecular weight excluding hydrogens is 335 g/mol. The third-order valence-corrected chi connectivity index (χ3v) is 5.41. The number of aliphatic carboxylic acids is 1. The van der Waals surface area contributed by atoms with E-state index in [0.717, 1.165) is 19.8 Å². The molecule has 150 valence electrons. The van der Waals surface area contributed by atoms with E-state index in [1.807, 2.05) is 0 Å². The molecule has 1 aliphatic carbocycles. The lowest BCUT2D eigenvalue weighted by Crippen LogP contribution is -2.46. The molecule has 3 N–H and O–H groups in total. The predicted octanol–water partition coefficient (Wildman–Crippen LogP) is 4.41. The fraction of sp³-hybridized carbons (Fsp3) is 0.762. The van der Waals surface area contributed by atoms with Gasteiger partial charge in [0.05, 0.1) is 6.10 Å². The van der Waals surface area contributed by atoms with Crippen LogP contribution < -0.4 is 0 Å². The Morgan fingerprint density at radius 3 is 2.62 bits per heavy atom. The maximum absolute atomic E-state index is 14.2. The predicted molar refractivity (Wildman–Crippen MR) is 102 cm³/mol. The number of halogens is 1. The van der Waals surface area contributed by atoms with Gasteiger partial charge in [-0.1, -0.05) is 50.5 Å². The number of carboxylic acid groups (broad SMARTS) is 1. The van der Waals surface area contributed by atoms with Gasteiger partial charge in [0.15, 0.2) is 5.60 Å². The van der Waals surface area contributed by atoms with Gasteiger partial charge < -0.3 is 15.3 Å². The van der Waals surface area contributed by atoms with Crippen molar-refractivity contribution in [3.63, 3.8) is 0 Å². The Bertz CT molecular complexity index is 473. The van der Waals surface area contributed by atoms with Gasteiger partial charge in [-0.3, -0.25) is 0 Å². The fourth-order valence-corrected chi connectivity index (χ4v) is 3.42. The number of aliphatic hydroxyl groups excluding tert-OH is 1. The van der Waals surface area contributed by atoms with Crippen molar-refractivity contribution in [1.82, 2.24) is 0 Å². The molecule has 5 heteroatoms. The lowest BCUT2D eigenvalue weighted by atomic mass is 9.90. The Balaban J connectivity index is 2.43. The van der Waals surface area contributed by atoms with Crippen LogP contribution in [0.1, 0.15) is 71.6 Å². The first-order valence-electron chi connectivity index (χ1n) is 9.90. The minimum Gasteiger partial charge on any atom is -0.479 e. The van der Waals surface area contributed by atoms with Crippen LogP contribution in [0.3, 0.4) is 0 Å². The van der Waals surface area contributed by atoms with Crippen molar-refractivity contribution >= 4 is 5.97 Å². The van der Waals surface area contributed by atoms with Crippen molar-refractivity contribution in [3.05, 3.63) is 24.3 Å². The van der Waals surface area contributed by atoms with Gasteiger partial charge in [-0.2, -0.15) is 0 Å². The Labute approximate surface area is 156 Å². The normalized spacial score (nSPS) is 27.2. The average Bonchev–Trinajstić information content (AvgIpc) is 2.94. The SMILES string of the molecule is CCCCCC/C=C/[C@H]1CC[C@@H](F)[C@@H]1C/C=C\CC(O)C(C)(O)C(=O)O. The van der Waals surface area contributed by atoms with E-state index in [1.165, 1.54) is 25.7 Å². The maximum Gasteiger partial charge on any atom is 0.338 e. The molecule has 5 atom stereocenters. The highest BCUT2D eigenvalue weighted by molar-refractivity contribution is 5.77. The Morgan fingerprint density at radius 2 is 1.96 bits per heavy atom. The van der Waals surface area contributed by atoms with Crippen LogP contribution in [0, 0.1) is 11.8 Å². The minimum absolute atomic E-state index is 0.0287. The molecule has 0 bridgehead atoms. The number of unbranched alkanes of at least 4 members (excludes halogenated alkanes) is 4. The zero-order valence-electron chi connectivity index (χ0n) is 16.1. The van der Waals surface area contributed by atoms with Crippen molar-refractivity contribution in [2.45, 2.75) is 89.5 Å². The van der Waals surface area contributed by atoms with E-state index >= 15 is 0 Å². The Hall–Kier alpha value is -1.20. The number of hydrogen-bond donors (Lipinski definition) is 3. The van der Waals surface area contributed by atoms with Crippen molar-refractivity contribution in [2.75, 3.05) is 0 Å². The highest BCUT2D eigenvalue weighted by Gasteiger charge is 2.37. The summed E-state index contributed by atoms with van der Waals surface area (Å²) in [7, 11) is 0. The summed E-state index contributed by atoms with van der Waals surface area (Å²) in [6.07, 6.45) is 13.6. The fourth-order valence-electron chi connectivity index (χ4n) is 3.42. The molecule has 0 aromatic carbocycles. The van der Waals surface area contributed by atoms with Gasteiger partial charge in [0.25, 0.3) is 0 Å².